The highest BCUT2D eigenvalue weighted by Crippen LogP contribution is 2.30. The van der Waals surface area contributed by atoms with E-state index in [0.29, 0.717) is 17.8 Å². The first-order valence-corrected chi connectivity index (χ1v) is 9.34. The predicted molar refractivity (Wildman–Crippen MR) is 90.9 cm³/mol. The fraction of sp³-hybridized carbons (Fsp3) is 0.438. The molecule has 7 heteroatoms. The minimum absolute atomic E-state index is 0.0188. The van der Waals surface area contributed by atoms with Crippen molar-refractivity contribution in [1.82, 2.24) is 9.88 Å². The molecule has 1 N–H and O–H groups in total. The SMILES string of the molecule is O=C(O)CCC1CCCN(C(=O)c2cnc(-c3cccs3)s2)C1. The van der Waals surface area contributed by atoms with E-state index < -0.39 is 5.97 Å². The number of carboxylic acid groups (broad SMARTS) is 1. The van der Waals surface area contributed by atoms with Gasteiger partial charge in [0.15, 0.2) is 0 Å². The van der Waals surface area contributed by atoms with Crippen LogP contribution in [0.15, 0.2) is 23.7 Å². The summed E-state index contributed by atoms with van der Waals surface area (Å²) in [5, 5.41) is 11.7. The molecule has 1 atom stereocenters. The largest absolute Gasteiger partial charge is 0.481 e. The summed E-state index contributed by atoms with van der Waals surface area (Å²) in [6, 6.07) is 3.97. The number of carbonyl (C=O) groups excluding carboxylic acids is 1. The van der Waals surface area contributed by atoms with Gasteiger partial charge in [-0.3, -0.25) is 9.59 Å². The Hall–Kier alpha value is -1.73. The van der Waals surface area contributed by atoms with Crippen molar-refractivity contribution in [2.75, 3.05) is 13.1 Å². The van der Waals surface area contributed by atoms with Gasteiger partial charge in [-0.15, -0.1) is 22.7 Å². The lowest BCUT2D eigenvalue weighted by molar-refractivity contribution is -0.137. The van der Waals surface area contributed by atoms with E-state index in [0.717, 1.165) is 29.3 Å². The highest BCUT2D eigenvalue weighted by Gasteiger charge is 2.26. The van der Waals surface area contributed by atoms with Crippen LogP contribution >= 0.6 is 22.7 Å². The Morgan fingerprint density at radius 3 is 3.04 bits per heavy atom. The molecule has 0 saturated carbocycles. The lowest BCUT2D eigenvalue weighted by atomic mass is 9.93. The van der Waals surface area contributed by atoms with Crippen LogP contribution < -0.4 is 0 Å². The average Bonchev–Trinajstić information content (AvgIpc) is 3.23. The van der Waals surface area contributed by atoms with Crippen molar-refractivity contribution in [2.24, 2.45) is 5.92 Å². The number of amides is 1. The Bertz CT molecular complexity index is 681. The van der Waals surface area contributed by atoms with E-state index in [1.165, 1.54) is 11.3 Å². The first kappa shape index (κ1) is 16.1. The van der Waals surface area contributed by atoms with Crippen molar-refractivity contribution in [3.05, 3.63) is 28.6 Å². The summed E-state index contributed by atoms with van der Waals surface area (Å²) in [6.45, 7) is 1.40. The molecular weight excluding hydrogens is 332 g/mol. The molecule has 0 aliphatic carbocycles. The van der Waals surface area contributed by atoms with Crippen molar-refractivity contribution in [1.29, 1.82) is 0 Å². The monoisotopic (exact) mass is 350 g/mol. The van der Waals surface area contributed by atoms with Crippen LogP contribution in [0.2, 0.25) is 0 Å². The van der Waals surface area contributed by atoms with E-state index >= 15 is 0 Å². The number of carboxylic acids is 1. The fourth-order valence-electron chi connectivity index (χ4n) is 2.86. The molecule has 0 radical (unpaired) electrons. The number of nitrogens with zero attached hydrogens (tertiary/aromatic N) is 2. The summed E-state index contributed by atoms with van der Waals surface area (Å²) >= 11 is 3.04. The van der Waals surface area contributed by atoms with E-state index in [1.54, 1.807) is 17.5 Å². The van der Waals surface area contributed by atoms with Gasteiger partial charge in [-0.1, -0.05) is 6.07 Å². The third-order valence-corrected chi connectivity index (χ3v) is 6.05. The van der Waals surface area contributed by atoms with E-state index in [2.05, 4.69) is 4.98 Å². The van der Waals surface area contributed by atoms with Crippen LogP contribution in [0.3, 0.4) is 0 Å². The molecule has 5 nitrogen and oxygen atoms in total. The molecule has 3 heterocycles. The van der Waals surface area contributed by atoms with Gasteiger partial charge in [0.2, 0.25) is 0 Å². The predicted octanol–water partition coefficient (Wildman–Crippen LogP) is 3.59. The highest BCUT2D eigenvalue weighted by atomic mass is 32.1. The molecule has 0 aromatic carbocycles. The van der Waals surface area contributed by atoms with Gasteiger partial charge >= 0.3 is 5.97 Å². The van der Waals surface area contributed by atoms with Crippen LogP contribution in [0.25, 0.3) is 9.88 Å². The van der Waals surface area contributed by atoms with Gasteiger partial charge in [0.1, 0.15) is 9.88 Å². The minimum atomic E-state index is -0.767. The van der Waals surface area contributed by atoms with Gasteiger partial charge in [0, 0.05) is 19.5 Å². The van der Waals surface area contributed by atoms with Crippen molar-refractivity contribution < 1.29 is 14.7 Å². The van der Waals surface area contributed by atoms with Crippen LogP contribution in [0.5, 0.6) is 0 Å². The van der Waals surface area contributed by atoms with E-state index in [-0.39, 0.29) is 18.2 Å². The molecule has 0 spiro atoms. The van der Waals surface area contributed by atoms with E-state index in [1.807, 2.05) is 22.4 Å². The van der Waals surface area contributed by atoms with Crippen LogP contribution in [-0.2, 0) is 4.79 Å². The van der Waals surface area contributed by atoms with Crippen LogP contribution in [-0.4, -0.2) is 40.0 Å². The maximum atomic E-state index is 12.6. The normalized spacial score (nSPS) is 18.1. The van der Waals surface area contributed by atoms with Gasteiger partial charge in [0.25, 0.3) is 5.91 Å². The number of hydrogen-bond acceptors (Lipinski definition) is 5. The first-order valence-electron chi connectivity index (χ1n) is 7.64. The maximum absolute atomic E-state index is 12.6. The quantitative estimate of drug-likeness (QED) is 0.894. The molecule has 1 aliphatic heterocycles. The standard InChI is InChI=1S/C16H18N2O3S2/c19-14(20)6-5-11-3-1-7-18(10-11)16(21)13-9-17-15(23-13)12-4-2-8-22-12/h2,4,8-9,11H,1,3,5-7,10H2,(H,19,20). The summed E-state index contributed by atoms with van der Waals surface area (Å²) in [5.74, 6) is -0.463. The summed E-state index contributed by atoms with van der Waals surface area (Å²) < 4.78 is 0. The summed E-state index contributed by atoms with van der Waals surface area (Å²) in [4.78, 5) is 31.3. The smallest absolute Gasteiger partial charge is 0.303 e. The van der Waals surface area contributed by atoms with Crippen molar-refractivity contribution >= 4 is 34.6 Å². The summed E-state index contributed by atoms with van der Waals surface area (Å²) in [5.41, 5.74) is 0. The van der Waals surface area contributed by atoms with Crippen LogP contribution in [0.4, 0.5) is 0 Å². The molecular formula is C16H18N2O3S2. The zero-order valence-electron chi connectivity index (χ0n) is 12.6. The Labute approximate surface area is 142 Å². The van der Waals surface area contributed by atoms with Crippen molar-refractivity contribution in [3.63, 3.8) is 0 Å². The summed E-state index contributed by atoms with van der Waals surface area (Å²) in [7, 11) is 0. The average molecular weight is 350 g/mol. The minimum Gasteiger partial charge on any atom is -0.481 e. The van der Waals surface area contributed by atoms with E-state index in [9.17, 15) is 9.59 Å². The third kappa shape index (κ3) is 3.97. The number of piperidine rings is 1. The zero-order valence-corrected chi connectivity index (χ0v) is 14.2. The number of carbonyl (C=O) groups is 2. The van der Waals surface area contributed by atoms with Gasteiger partial charge in [-0.05, 0) is 36.6 Å². The number of likely N-dealkylation sites (tertiary alicyclic amines) is 1. The molecule has 1 unspecified atom stereocenters. The Morgan fingerprint density at radius 2 is 2.30 bits per heavy atom. The molecule has 0 bridgehead atoms. The van der Waals surface area contributed by atoms with Gasteiger partial charge in [-0.25, -0.2) is 4.98 Å². The lowest BCUT2D eigenvalue weighted by Gasteiger charge is -2.32. The summed E-state index contributed by atoms with van der Waals surface area (Å²) in [6.07, 6.45) is 4.41. The number of thiazole rings is 1. The molecule has 2 aromatic heterocycles. The molecule has 23 heavy (non-hydrogen) atoms. The topological polar surface area (TPSA) is 70.5 Å². The number of aromatic nitrogens is 1. The Morgan fingerprint density at radius 1 is 1.43 bits per heavy atom. The maximum Gasteiger partial charge on any atom is 0.303 e. The zero-order chi connectivity index (χ0) is 16.2. The second-order valence-electron chi connectivity index (χ2n) is 5.70. The number of aliphatic carboxylic acids is 1. The van der Waals surface area contributed by atoms with Crippen molar-refractivity contribution in [3.8, 4) is 9.88 Å². The number of thiophene rings is 1. The van der Waals surface area contributed by atoms with Gasteiger partial charge < -0.3 is 10.0 Å². The van der Waals surface area contributed by atoms with Crippen LogP contribution in [0, 0.1) is 5.92 Å². The molecule has 1 aliphatic rings. The van der Waals surface area contributed by atoms with Gasteiger partial charge in [-0.2, -0.15) is 0 Å². The fourth-order valence-corrected chi connectivity index (χ4v) is 4.54. The highest BCUT2D eigenvalue weighted by molar-refractivity contribution is 7.21. The second-order valence-corrected chi connectivity index (χ2v) is 7.68. The molecule has 1 fully saturated rings. The lowest BCUT2D eigenvalue weighted by Crippen LogP contribution is -2.39. The molecule has 3 rings (SSSR count). The number of rotatable bonds is 5. The van der Waals surface area contributed by atoms with Crippen molar-refractivity contribution in [2.45, 2.75) is 25.7 Å². The second kappa shape index (κ2) is 7.23. The molecule has 1 amide bonds. The third-order valence-electron chi connectivity index (χ3n) is 4.02. The molecule has 2 aromatic rings. The molecule has 1 saturated heterocycles. The Balaban J connectivity index is 1.64. The molecule has 122 valence electrons. The van der Waals surface area contributed by atoms with E-state index in [4.69, 9.17) is 5.11 Å². The first-order chi connectivity index (χ1) is 11.1. The van der Waals surface area contributed by atoms with Crippen LogP contribution in [0.1, 0.15) is 35.4 Å². The Kier molecular flexibility index (Phi) is 5.07. The van der Waals surface area contributed by atoms with Gasteiger partial charge in [0.05, 0.1) is 11.1 Å². The number of hydrogen-bond donors (Lipinski definition) is 1.